The van der Waals surface area contributed by atoms with Crippen LogP contribution in [0, 0.1) is 5.82 Å². The van der Waals surface area contributed by atoms with Crippen LogP contribution in [-0.4, -0.2) is 26.6 Å². The van der Waals surface area contributed by atoms with E-state index in [0.29, 0.717) is 11.0 Å². The molecule has 126 valence electrons. The van der Waals surface area contributed by atoms with Gasteiger partial charge in [0.05, 0.1) is 5.25 Å². The molecule has 0 aliphatic carbocycles. The average molecular weight is 369 g/mol. The smallest absolute Gasteiger partial charge is 0.475 e. The Bertz CT molecular complexity index is 664. The van der Waals surface area contributed by atoms with E-state index in [1.807, 2.05) is 13.0 Å². The third-order valence-corrected chi connectivity index (χ3v) is 3.82. The minimum absolute atomic E-state index is 0.0651. The lowest BCUT2D eigenvalue weighted by Gasteiger charge is -2.06. The Hall–Kier alpha value is -1.88. The van der Waals surface area contributed by atoms with Crippen LogP contribution in [0.25, 0.3) is 0 Å². The van der Waals surface area contributed by atoms with Gasteiger partial charge in [-0.3, -0.25) is 0 Å². The lowest BCUT2D eigenvalue weighted by molar-refractivity contribution is -0.192. The summed E-state index contributed by atoms with van der Waals surface area (Å²) in [5.41, 5.74) is 5.51. The molecule has 11 heteroatoms. The molecule has 1 aromatic heterocycles. The molecule has 0 aliphatic rings. The second kappa shape index (κ2) is 8.11. The van der Waals surface area contributed by atoms with E-state index in [-0.39, 0.29) is 11.1 Å². The number of alkyl halides is 3. The van der Waals surface area contributed by atoms with E-state index in [0.717, 1.165) is 4.90 Å². The average Bonchev–Trinajstić information content (AvgIpc) is 2.85. The molecule has 3 N–H and O–H groups in total. The quantitative estimate of drug-likeness (QED) is 0.633. The first-order valence-electron chi connectivity index (χ1n) is 5.91. The van der Waals surface area contributed by atoms with E-state index in [4.69, 9.17) is 15.6 Å². The summed E-state index contributed by atoms with van der Waals surface area (Å²) in [5.74, 6) is -2.30. The predicted octanol–water partition coefficient (Wildman–Crippen LogP) is 3.75. The fraction of sp³-hybridized carbons (Fsp3) is 0.250. The molecule has 1 atom stereocenters. The monoisotopic (exact) mass is 369 g/mol. The Kier molecular flexibility index (Phi) is 6.76. The molecule has 0 fully saturated rings. The van der Waals surface area contributed by atoms with Gasteiger partial charge in [-0.1, -0.05) is 6.07 Å². The number of benzene rings is 1. The fourth-order valence-electron chi connectivity index (χ4n) is 1.21. The maximum absolute atomic E-state index is 13.0. The topological polar surface area (TPSA) is 89.1 Å². The molecule has 1 unspecified atom stereocenters. The normalized spacial score (nSPS) is 12.2. The largest absolute Gasteiger partial charge is 0.490 e. The van der Waals surface area contributed by atoms with Gasteiger partial charge < -0.3 is 10.8 Å². The van der Waals surface area contributed by atoms with Crippen molar-refractivity contribution in [1.29, 1.82) is 0 Å². The van der Waals surface area contributed by atoms with E-state index in [2.05, 4.69) is 9.36 Å². The third kappa shape index (κ3) is 6.82. The Morgan fingerprint density at radius 2 is 2.04 bits per heavy atom. The number of nitrogens with two attached hydrogens (primary N) is 1. The zero-order valence-corrected chi connectivity index (χ0v) is 13.2. The second-order valence-electron chi connectivity index (χ2n) is 4.01. The number of aromatic nitrogens is 2. The third-order valence-electron chi connectivity index (χ3n) is 2.17. The highest BCUT2D eigenvalue weighted by Gasteiger charge is 2.38. The van der Waals surface area contributed by atoms with Gasteiger partial charge in [-0.2, -0.15) is 17.5 Å². The van der Waals surface area contributed by atoms with Gasteiger partial charge in [0.15, 0.2) is 11.0 Å². The van der Waals surface area contributed by atoms with Crippen molar-refractivity contribution in [3.8, 4) is 0 Å². The van der Waals surface area contributed by atoms with E-state index in [1.54, 1.807) is 6.07 Å². The molecule has 23 heavy (non-hydrogen) atoms. The van der Waals surface area contributed by atoms with Gasteiger partial charge in [-0.05, 0) is 25.1 Å². The number of hydrogen-bond acceptors (Lipinski definition) is 6. The Balaban J connectivity index is 0.000000322. The highest BCUT2D eigenvalue weighted by Crippen LogP contribution is 2.34. The van der Waals surface area contributed by atoms with Gasteiger partial charge in [-0.15, -0.1) is 11.8 Å². The molecule has 0 aliphatic heterocycles. The summed E-state index contributed by atoms with van der Waals surface area (Å²) in [6.07, 6.45) is -5.08. The summed E-state index contributed by atoms with van der Waals surface area (Å²) >= 11 is 2.69. The SMILES string of the molecule is CC(Sc1cccc(F)c1)c1nsc(N)n1.O=C(O)C(F)(F)F. The first-order valence-corrected chi connectivity index (χ1v) is 7.56. The summed E-state index contributed by atoms with van der Waals surface area (Å²) in [7, 11) is 0. The minimum atomic E-state index is -5.08. The zero-order valence-electron chi connectivity index (χ0n) is 11.5. The number of rotatable bonds is 3. The summed E-state index contributed by atoms with van der Waals surface area (Å²) in [4.78, 5) is 13.9. The summed E-state index contributed by atoms with van der Waals surface area (Å²) in [5, 5.41) is 7.65. The van der Waals surface area contributed by atoms with Crippen LogP contribution >= 0.6 is 23.3 Å². The van der Waals surface area contributed by atoms with Crippen molar-refractivity contribution >= 4 is 34.4 Å². The van der Waals surface area contributed by atoms with E-state index < -0.39 is 12.1 Å². The Labute approximate surface area is 136 Å². The molecule has 0 saturated carbocycles. The minimum Gasteiger partial charge on any atom is -0.475 e. The number of anilines is 1. The van der Waals surface area contributed by atoms with Crippen molar-refractivity contribution in [3.63, 3.8) is 0 Å². The van der Waals surface area contributed by atoms with Gasteiger partial charge >= 0.3 is 12.1 Å². The maximum atomic E-state index is 13.0. The Morgan fingerprint density at radius 1 is 1.43 bits per heavy atom. The van der Waals surface area contributed by atoms with Crippen LogP contribution in [0.1, 0.15) is 18.0 Å². The zero-order chi connectivity index (χ0) is 17.6. The number of thioether (sulfide) groups is 1. The molecular formula is C12H11F4N3O2S2. The lowest BCUT2D eigenvalue weighted by Crippen LogP contribution is -2.21. The van der Waals surface area contributed by atoms with Gasteiger partial charge in [0.2, 0.25) is 0 Å². The predicted molar refractivity (Wildman–Crippen MR) is 78.7 cm³/mol. The highest BCUT2D eigenvalue weighted by molar-refractivity contribution is 7.99. The van der Waals surface area contributed by atoms with Crippen LogP contribution in [0.4, 0.5) is 22.7 Å². The summed E-state index contributed by atoms with van der Waals surface area (Å²) in [6, 6.07) is 6.47. The summed E-state index contributed by atoms with van der Waals surface area (Å²) in [6.45, 7) is 1.97. The fourth-order valence-corrected chi connectivity index (χ4v) is 2.75. The molecule has 0 saturated heterocycles. The number of aliphatic carboxylic acids is 1. The van der Waals surface area contributed by atoms with Crippen LogP contribution in [0.3, 0.4) is 0 Å². The van der Waals surface area contributed by atoms with E-state index >= 15 is 0 Å². The van der Waals surface area contributed by atoms with Crippen molar-refractivity contribution in [3.05, 3.63) is 35.9 Å². The number of nitrogen functional groups attached to an aromatic ring is 1. The molecule has 0 amide bonds. The molecule has 0 spiro atoms. The van der Waals surface area contributed by atoms with Crippen molar-refractivity contribution in [2.45, 2.75) is 23.2 Å². The molecule has 1 aromatic carbocycles. The van der Waals surface area contributed by atoms with Gasteiger partial charge in [0.25, 0.3) is 0 Å². The molecule has 5 nitrogen and oxygen atoms in total. The van der Waals surface area contributed by atoms with Crippen molar-refractivity contribution in [1.82, 2.24) is 9.36 Å². The number of hydrogen-bond donors (Lipinski definition) is 2. The molecule has 1 heterocycles. The van der Waals surface area contributed by atoms with Crippen LogP contribution < -0.4 is 5.73 Å². The van der Waals surface area contributed by atoms with Crippen LogP contribution in [0.15, 0.2) is 29.2 Å². The van der Waals surface area contributed by atoms with Crippen LogP contribution in [0.2, 0.25) is 0 Å². The van der Waals surface area contributed by atoms with Gasteiger partial charge in [0, 0.05) is 16.4 Å². The summed E-state index contributed by atoms with van der Waals surface area (Å²) < 4.78 is 48.8. The number of halogens is 4. The molecule has 2 rings (SSSR count). The molecule has 0 bridgehead atoms. The van der Waals surface area contributed by atoms with Crippen LogP contribution in [0.5, 0.6) is 0 Å². The van der Waals surface area contributed by atoms with Crippen molar-refractivity contribution < 1.29 is 27.5 Å². The highest BCUT2D eigenvalue weighted by atomic mass is 32.2. The van der Waals surface area contributed by atoms with E-state index in [1.165, 1.54) is 35.4 Å². The Morgan fingerprint density at radius 3 is 2.48 bits per heavy atom. The maximum Gasteiger partial charge on any atom is 0.490 e. The lowest BCUT2D eigenvalue weighted by atomic mass is 10.3. The van der Waals surface area contributed by atoms with Crippen LogP contribution in [-0.2, 0) is 4.79 Å². The van der Waals surface area contributed by atoms with Crippen molar-refractivity contribution in [2.24, 2.45) is 0 Å². The molecule has 2 aromatic rings. The first-order chi connectivity index (χ1) is 10.6. The molecule has 0 radical (unpaired) electrons. The number of carboxylic acid groups (broad SMARTS) is 1. The number of carbonyl (C=O) groups is 1. The second-order valence-corrected chi connectivity index (χ2v) is 6.21. The molecular weight excluding hydrogens is 358 g/mol. The first kappa shape index (κ1) is 19.2. The number of nitrogens with zero attached hydrogens (tertiary/aromatic N) is 2. The van der Waals surface area contributed by atoms with Gasteiger partial charge in [-0.25, -0.2) is 14.2 Å². The standard InChI is InChI=1S/C10H10FN3S2.C2HF3O2/c1-6(9-13-10(12)16-14-9)15-8-4-2-3-7(11)5-8;3-2(4,5)1(6)7/h2-6H,1H3,(H2,12,13,14);(H,6,7). The van der Waals surface area contributed by atoms with Crippen molar-refractivity contribution in [2.75, 3.05) is 5.73 Å². The number of carboxylic acids is 1. The van der Waals surface area contributed by atoms with E-state index in [9.17, 15) is 17.6 Å². The van der Waals surface area contributed by atoms with Gasteiger partial charge in [0.1, 0.15) is 5.82 Å².